The molecular weight excluding hydrogens is 100 g/mol. The minimum Gasteiger partial charge on any atom is -0.379 e. The summed E-state index contributed by atoms with van der Waals surface area (Å²) in [6.45, 7) is 0.108. The number of aliphatic hydroxyl groups is 1. The number of rotatable bonds is 1. The van der Waals surface area contributed by atoms with Gasteiger partial charge in [-0.15, -0.1) is 0 Å². The number of hydrogen-bond acceptors (Lipinski definition) is 1. The Morgan fingerprint density at radius 3 is 2.88 bits per heavy atom. The van der Waals surface area contributed by atoms with Crippen molar-refractivity contribution in [3.8, 4) is 0 Å². The van der Waals surface area contributed by atoms with Gasteiger partial charge in [0.05, 0.1) is 11.6 Å². The highest BCUT2D eigenvalue weighted by Gasteiger charge is 1.97. The normalized spacial score (nSPS) is 15.4. The molecule has 1 aliphatic carbocycles. The molecule has 0 spiro atoms. The second-order valence-electron chi connectivity index (χ2n) is 1.57. The van der Waals surface area contributed by atoms with E-state index in [9.17, 15) is 0 Å². The molecule has 0 atom stereocenters. The zero-order valence-electron chi connectivity index (χ0n) is 4.46. The van der Waals surface area contributed by atoms with Crippen molar-refractivity contribution in [3.05, 3.63) is 36.0 Å². The Kier molecular flexibility index (Phi) is 1.58. The lowest BCUT2D eigenvalue weighted by Gasteiger charge is -1.84. The summed E-state index contributed by atoms with van der Waals surface area (Å²) < 4.78 is 0. The Bertz CT molecular complexity index is 152. The minimum absolute atomic E-state index is 0.108. The minimum atomic E-state index is 0.108. The summed E-state index contributed by atoms with van der Waals surface area (Å²) in [5, 5.41) is 8.52. The van der Waals surface area contributed by atoms with E-state index in [-0.39, 0.29) is 6.61 Å². The number of hydrogen-bond donors (Lipinski definition) is 1. The molecule has 1 nitrogen and oxygen atoms in total. The van der Waals surface area contributed by atoms with Gasteiger partial charge in [0.15, 0.2) is 0 Å². The Labute approximate surface area is 48.6 Å². The second kappa shape index (κ2) is 2.41. The highest BCUT2D eigenvalue weighted by molar-refractivity contribution is 5.29. The summed E-state index contributed by atoms with van der Waals surface area (Å²) in [6, 6.07) is 0. The first-order valence-corrected chi connectivity index (χ1v) is 2.49. The van der Waals surface area contributed by atoms with Gasteiger partial charge in [-0.3, -0.25) is 0 Å². The van der Waals surface area contributed by atoms with Gasteiger partial charge in [-0.25, -0.2) is 0 Å². The van der Waals surface area contributed by atoms with E-state index in [2.05, 4.69) is 6.08 Å². The fraction of sp³-hybridized carbons (Fsp3) is 0.143. The highest BCUT2D eigenvalue weighted by Crippen LogP contribution is 1.99. The standard InChI is InChI=1S/C7H7O/c8-6-7-4-2-1-3-5-7/h1-2,4-5,8H,6H2/q+1. The first kappa shape index (κ1) is 5.23. The molecule has 0 aromatic rings. The van der Waals surface area contributed by atoms with Gasteiger partial charge in [-0.1, -0.05) is 0 Å². The molecule has 0 saturated heterocycles. The van der Waals surface area contributed by atoms with Crippen molar-refractivity contribution in [1.29, 1.82) is 0 Å². The van der Waals surface area contributed by atoms with Crippen molar-refractivity contribution in [3.63, 3.8) is 0 Å². The first-order chi connectivity index (χ1) is 3.93. The van der Waals surface area contributed by atoms with Crippen LogP contribution in [-0.4, -0.2) is 11.7 Å². The molecule has 0 fully saturated rings. The van der Waals surface area contributed by atoms with Gasteiger partial charge in [0.1, 0.15) is 18.8 Å². The van der Waals surface area contributed by atoms with Gasteiger partial charge in [0.25, 0.3) is 0 Å². The lowest BCUT2D eigenvalue weighted by molar-refractivity contribution is 0.335. The molecule has 0 bridgehead atoms. The summed E-state index contributed by atoms with van der Waals surface area (Å²) in [6.07, 6.45) is 10.1. The molecule has 0 heterocycles. The molecular formula is C7H7O+. The van der Waals surface area contributed by atoms with Crippen LogP contribution in [0.4, 0.5) is 0 Å². The predicted molar refractivity (Wildman–Crippen MR) is 32.1 cm³/mol. The summed E-state index contributed by atoms with van der Waals surface area (Å²) in [4.78, 5) is 0. The van der Waals surface area contributed by atoms with Crippen LogP contribution in [0.5, 0.6) is 0 Å². The Morgan fingerprint density at radius 1 is 1.62 bits per heavy atom. The summed E-state index contributed by atoms with van der Waals surface area (Å²) in [5.41, 5.74) is 0.910. The predicted octanol–water partition coefficient (Wildman–Crippen LogP) is 0.834. The maximum absolute atomic E-state index is 8.52. The van der Waals surface area contributed by atoms with Crippen LogP contribution < -0.4 is 0 Å². The average Bonchev–Trinajstić information content (AvgIpc) is 1.90. The lowest BCUT2D eigenvalue weighted by Crippen LogP contribution is -1.86. The molecule has 40 valence electrons. The third kappa shape index (κ3) is 1.03. The van der Waals surface area contributed by atoms with Crippen LogP contribution in [0.25, 0.3) is 0 Å². The SMILES string of the molecule is OCC1=CC=C[C+]=C1. The zero-order chi connectivity index (χ0) is 5.82. The molecule has 1 aliphatic rings. The highest BCUT2D eigenvalue weighted by atomic mass is 16.3. The monoisotopic (exact) mass is 107 g/mol. The molecule has 1 rings (SSSR count). The van der Waals surface area contributed by atoms with Crippen molar-refractivity contribution in [1.82, 2.24) is 0 Å². The van der Waals surface area contributed by atoms with E-state index in [1.54, 1.807) is 12.2 Å². The van der Waals surface area contributed by atoms with Crippen molar-refractivity contribution >= 4 is 0 Å². The molecule has 0 unspecified atom stereocenters. The fourth-order valence-electron chi connectivity index (χ4n) is 0.529. The van der Waals surface area contributed by atoms with E-state index >= 15 is 0 Å². The molecule has 0 amide bonds. The van der Waals surface area contributed by atoms with E-state index in [1.807, 2.05) is 12.2 Å². The van der Waals surface area contributed by atoms with Gasteiger partial charge in [-0.2, -0.15) is 0 Å². The molecule has 0 aliphatic heterocycles. The molecule has 0 aromatic carbocycles. The van der Waals surface area contributed by atoms with Crippen LogP contribution >= 0.6 is 0 Å². The maximum atomic E-state index is 8.52. The van der Waals surface area contributed by atoms with E-state index in [0.717, 1.165) is 5.57 Å². The maximum Gasteiger partial charge on any atom is 0.114 e. The van der Waals surface area contributed by atoms with E-state index in [0.29, 0.717) is 0 Å². The zero-order valence-corrected chi connectivity index (χ0v) is 4.46. The third-order valence-corrected chi connectivity index (χ3v) is 0.954. The number of aliphatic hydroxyl groups excluding tert-OH is 1. The molecule has 0 aromatic heterocycles. The smallest absolute Gasteiger partial charge is 0.114 e. The van der Waals surface area contributed by atoms with Crippen molar-refractivity contribution in [2.45, 2.75) is 0 Å². The third-order valence-electron chi connectivity index (χ3n) is 0.954. The summed E-state index contributed by atoms with van der Waals surface area (Å²) in [7, 11) is 0. The second-order valence-corrected chi connectivity index (χ2v) is 1.57. The largest absolute Gasteiger partial charge is 0.379 e. The van der Waals surface area contributed by atoms with Gasteiger partial charge in [0, 0.05) is 12.2 Å². The first-order valence-electron chi connectivity index (χ1n) is 2.49. The van der Waals surface area contributed by atoms with Gasteiger partial charge < -0.3 is 5.11 Å². The van der Waals surface area contributed by atoms with Crippen LogP contribution in [0, 0.1) is 6.08 Å². The fourth-order valence-corrected chi connectivity index (χ4v) is 0.529. The molecule has 0 saturated carbocycles. The molecule has 0 radical (unpaired) electrons. The van der Waals surface area contributed by atoms with Crippen LogP contribution in [0.3, 0.4) is 0 Å². The summed E-state index contributed by atoms with van der Waals surface area (Å²) in [5.74, 6) is 0. The molecule has 1 N–H and O–H groups in total. The van der Waals surface area contributed by atoms with Crippen molar-refractivity contribution in [2.75, 3.05) is 6.61 Å². The van der Waals surface area contributed by atoms with Crippen LogP contribution in [0.2, 0.25) is 0 Å². The average molecular weight is 107 g/mol. The molecule has 8 heavy (non-hydrogen) atoms. The quantitative estimate of drug-likeness (QED) is 0.492. The van der Waals surface area contributed by atoms with E-state index in [4.69, 9.17) is 5.11 Å². The Balaban J connectivity index is 2.68. The topological polar surface area (TPSA) is 20.2 Å². The Morgan fingerprint density at radius 2 is 2.50 bits per heavy atom. The van der Waals surface area contributed by atoms with Gasteiger partial charge >= 0.3 is 0 Å². The van der Waals surface area contributed by atoms with Gasteiger partial charge in [-0.05, 0) is 0 Å². The van der Waals surface area contributed by atoms with Gasteiger partial charge in [0.2, 0.25) is 0 Å². The Hall–Kier alpha value is -0.910. The van der Waals surface area contributed by atoms with Crippen LogP contribution in [0.1, 0.15) is 0 Å². The van der Waals surface area contributed by atoms with E-state index in [1.165, 1.54) is 0 Å². The van der Waals surface area contributed by atoms with Crippen molar-refractivity contribution in [2.24, 2.45) is 0 Å². The van der Waals surface area contributed by atoms with Crippen LogP contribution in [-0.2, 0) is 0 Å². The lowest BCUT2D eigenvalue weighted by atomic mass is 10.2. The van der Waals surface area contributed by atoms with Crippen molar-refractivity contribution < 1.29 is 5.11 Å². The number of allylic oxidation sites excluding steroid dienone is 4. The summed E-state index contributed by atoms with van der Waals surface area (Å²) >= 11 is 0. The van der Waals surface area contributed by atoms with E-state index < -0.39 is 0 Å². The molecule has 1 heteroatoms. The van der Waals surface area contributed by atoms with Crippen LogP contribution in [0.15, 0.2) is 29.9 Å².